The summed E-state index contributed by atoms with van der Waals surface area (Å²) in [7, 11) is 0. The fourth-order valence-corrected chi connectivity index (χ4v) is 2.05. The lowest BCUT2D eigenvalue weighted by atomic mass is 10.1. The molecule has 0 bridgehead atoms. The van der Waals surface area contributed by atoms with E-state index in [-0.39, 0.29) is 5.69 Å². The number of hydrogen-bond donors (Lipinski definition) is 1. The Morgan fingerprint density at radius 1 is 1.44 bits per heavy atom. The van der Waals surface area contributed by atoms with E-state index in [0.29, 0.717) is 15.9 Å². The molecule has 2 aromatic rings. The Balaban J connectivity index is 2.68. The van der Waals surface area contributed by atoms with Gasteiger partial charge in [-0.15, -0.1) is 0 Å². The average molecular weight is 266 g/mol. The van der Waals surface area contributed by atoms with Gasteiger partial charge in [-0.3, -0.25) is 10.1 Å². The monoisotopic (exact) mass is 265 g/mol. The Kier molecular flexibility index (Phi) is 3.34. The van der Waals surface area contributed by atoms with Crippen molar-refractivity contribution in [3.05, 3.63) is 38.9 Å². The van der Waals surface area contributed by atoms with Crippen LogP contribution in [0.5, 0.6) is 0 Å². The molecule has 1 N–H and O–H groups in total. The molecule has 0 fully saturated rings. The van der Waals surface area contributed by atoms with Crippen LogP contribution in [-0.2, 0) is 0 Å². The third-order valence-corrected chi connectivity index (χ3v) is 2.89. The van der Waals surface area contributed by atoms with Crippen molar-refractivity contribution in [3.8, 4) is 0 Å². The van der Waals surface area contributed by atoms with Gasteiger partial charge in [0.15, 0.2) is 0 Å². The van der Waals surface area contributed by atoms with E-state index in [1.807, 2.05) is 19.9 Å². The number of aromatic nitrogens is 1. The lowest BCUT2D eigenvalue weighted by Gasteiger charge is -2.09. The van der Waals surface area contributed by atoms with Crippen molar-refractivity contribution in [2.45, 2.75) is 13.8 Å². The summed E-state index contributed by atoms with van der Waals surface area (Å²) in [6.45, 7) is 4.63. The van der Waals surface area contributed by atoms with Gasteiger partial charge in [0.1, 0.15) is 5.82 Å². The predicted molar refractivity (Wildman–Crippen MR) is 72.3 cm³/mol. The maximum absolute atomic E-state index is 10.8. The van der Waals surface area contributed by atoms with E-state index in [1.165, 1.54) is 12.1 Å². The minimum absolute atomic E-state index is 0.0232. The van der Waals surface area contributed by atoms with Crippen LogP contribution in [0.4, 0.5) is 11.5 Å². The number of hydrogen-bond acceptors (Lipinski definition) is 4. The second kappa shape index (κ2) is 4.78. The number of nitrogens with one attached hydrogen (secondary N) is 1. The highest BCUT2D eigenvalue weighted by molar-refractivity contribution is 6.35. The van der Waals surface area contributed by atoms with Crippen molar-refractivity contribution >= 4 is 34.0 Å². The van der Waals surface area contributed by atoms with Gasteiger partial charge >= 0.3 is 0 Å². The largest absolute Gasteiger partial charge is 0.370 e. The molecule has 0 saturated carbocycles. The molecular weight excluding hydrogens is 254 g/mol. The van der Waals surface area contributed by atoms with E-state index in [4.69, 9.17) is 11.6 Å². The molecule has 0 amide bonds. The van der Waals surface area contributed by atoms with E-state index >= 15 is 0 Å². The maximum atomic E-state index is 10.8. The first-order valence-electron chi connectivity index (χ1n) is 5.52. The summed E-state index contributed by atoms with van der Waals surface area (Å²) in [5.74, 6) is 0.751. The number of rotatable bonds is 3. The highest BCUT2D eigenvalue weighted by Gasteiger charge is 2.13. The molecule has 0 aliphatic heterocycles. The van der Waals surface area contributed by atoms with Crippen molar-refractivity contribution in [2.24, 2.45) is 0 Å². The van der Waals surface area contributed by atoms with E-state index in [0.717, 1.165) is 17.9 Å². The van der Waals surface area contributed by atoms with Crippen molar-refractivity contribution in [3.63, 3.8) is 0 Å². The second-order valence-electron chi connectivity index (χ2n) is 3.94. The molecule has 0 atom stereocenters. The molecular formula is C12H12ClN3O2. The number of nitro benzene ring substituents is 1. The molecule has 0 spiro atoms. The number of nitrogens with zero attached hydrogens (tertiary/aromatic N) is 2. The summed E-state index contributed by atoms with van der Waals surface area (Å²) >= 11 is 6.04. The van der Waals surface area contributed by atoms with Gasteiger partial charge in [0.05, 0.1) is 15.5 Å². The van der Waals surface area contributed by atoms with Crippen molar-refractivity contribution in [1.82, 2.24) is 4.98 Å². The molecule has 18 heavy (non-hydrogen) atoms. The van der Waals surface area contributed by atoms with Gasteiger partial charge in [-0.2, -0.15) is 0 Å². The van der Waals surface area contributed by atoms with Crippen LogP contribution in [0.25, 0.3) is 10.9 Å². The molecule has 5 nitrogen and oxygen atoms in total. The number of non-ortho nitro benzene ring substituents is 1. The van der Waals surface area contributed by atoms with Crippen LogP contribution in [0, 0.1) is 17.0 Å². The zero-order valence-corrected chi connectivity index (χ0v) is 10.8. The zero-order chi connectivity index (χ0) is 13.3. The molecule has 0 aliphatic carbocycles. The molecule has 0 unspecified atom stereocenters. The van der Waals surface area contributed by atoms with Gasteiger partial charge < -0.3 is 5.32 Å². The summed E-state index contributed by atoms with van der Waals surface area (Å²) in [6.07, 6.45) is 0. The molecule has 1 aromatic carbocycles. The van der Waals surface area contributed by atoms with Crippen LogP contribution in [0.15, 0.2) is 18.2 Å². The number of nitro groups is 1. The van der Waals surface area contributed by atoms with Gasteiger partial charge in [-0.1, -0.05) is 11.6 Å². The minimum atomic E-state index is -0.459. The summed E-state index contributed by atoms with van der Waals surface area (Å²) < 4.78 is 0. The lowest BCUT2D eigenvalue weighted by Crippen LogP contribution is -2.02. The molecule has 94 valence electrons. The van der Waals surface area contributed by atoms with Crippen LogP contribution < -0.4 is 5.32 Å². The number of aryl methyl sites for hydroxylation is 1. The van der Waals surface area contributed by atoms with E-state index in [2.05, 4.69) is 10.3 Å². The van der Waals surface area contributed by atoms with Crippen molar-refractivity contribution in [1.29, 1.82) is 0 Å². The summed E-state index contributed by atoms with van der Waals surface area (Å²) in [5.41, 5.74) is 1.48. The van der Waals surface area contributed by atoms with Crippen LogP contribution in [0.1, 0.15) is 12.5 Å². The molecule has 0 aliphatic rings. The average Bonchev–Trinajstić information content (AvgIpc) is 2.30. The number of fused-ring (bicyclic) bond motifs is 1. The second-order valence-corrected chi connectivity index (χ2v) is 4.35. The molecule has 0 saturated heterocycles. The normalized spacial score (nSPS) is 10.6. The zero-order valence-electron chi connectivity index (χ0n) is 10.0. The topological polar surface area (TPSA) is 68.1 Å². The summed E-state index contributed by atoms with van der Waals surface area (Å²) in [6, 6.07) is 4.65. The number of pyridine rings is 1. The number of halogens is 1. The number of anilines is 1. The van der Waals surface area contributed by atoms with E-state index in [9.17, 15) is 10.1 Å². The first-order valence-corrected chi connectivity index (χ1v) is 5.90. The standard InChI is InChI=1S/C12H12ClN3O2/c1-3-14-12-7(2)4-8-5-9(16(17)18)6-10(13)11(8)15-12/h4-6H,3H2,1-2H3,(H,14,15). The number of benzene rings is 1. The smallest absolute Gasteiger partial charge is 0.271 e. The Morgan fingerprint density at radius 2 is 2.17 bits per heavy atom. The fraction of sp³-hybridized carbons (Fsp3) is 0.250. The summed E-state index contributed by atoms with van der Waals surface area (Å²) in [5, 5.41) is 14.9. The van der Waals surface area contributed by atoms with Gasteiger partial charge in [0.2, 0.25) is 0 Å². The summed E-state index contributed by atoms with van der Waals surface area (Å²) in [4.78, 5) is 14.7. The Labute approximate surface area is 109 Å². The van der Waals surface area contributed by atoms with Gasteiger partial charge in [0.25, 0.3) is 5.69 Å². The first kappa shape index (κ1) is 12.6. The maximum Gasteiger partial charge on any atom is 0.271 e. The lowest BCUT2D eigenvalue weighted by molar-refractivity contribution is -0.384. The van der Waals surface area contributed by atoms with E-state index in [1.54, 1.807) is 0 Å². The Morgan fingerprint density at radius 3 is 2.78 bits per heavy atom. The van der Waals surface area contributed by atoms with Gasteiger partial charge in [-0.25, -0.2) is 4.98 Å². The van der Waals surface area contributed by atoms with E-state index < -0.39 is 4.92 Å². The first-order chi connectivity index (χ1) is 8.52. The van der Waals surface area contributed by atoms with Crippen LogP contribution in [-0.4, -0.2) is 16.5 Å². The molecule has 1 aromatic heterocycles. The predicted octanol–water partition coefficient (Wildman–Crippen LogP) is 3.54. The fourth-order valence-electron chi connectivity index (χ4n) is 1.79. The van der Waals surface area contributed by atoms with Gasteiger partial charge in [0, 0.05) is 24.1 Å². The Bertz CT molecular complexity index is 628. The molecule has 1 heterocycles. The van der Waals surface area contributed by atoms with Crippen LogP contribution >= 0.6 is 11.6 Å². The van der Waals surface area contributed by atoms with Crippen molar-refractivity contribution in [2.75, 3.05) is 11.9 Å². The van der Waals surface area contributed by atoms with Crippen LogP contribution in [0.3, 0.4) is 0 Å². The molecule has 2 rings (SSSR count). The van der Waals surface area contributed by atoms with Gasteiger partial charge in [-0.05, 0) is 25.5 Å². The SMILES string of the molecule is CCNc1nc2c(Cl)cc([N+](=O)[O-])cc2cc1C. The van der Waals surface area contributed by atoms with Crippen molar-refractivity contribution < 1.29 is 4.92 Å². The van der Waals surface area contributed by atoms with Crippen LogP contribution in [0.2, 0.25) is 5.02 Å². The minimum Gasteiger partial charge on any atom is -0.370 e. The molecule has 0 radical (unpaired) electrons. The highest BCUT2D eigenvalue weighted by atomic mass is 35.5. The third-order valence-electron chi connectivity index (χ3n) is 2.60. The quantitative estimate of drug-likeness (QED) is 0.681. The Hall–Kier alpha value is -1.88. The molecule has 6 heteroatoms. The highest BCUT2D eigenvalue weighted by Crippen LogP contribution is 2.30. The third kappa shape index (κ3) is 2.22.